The Morgan fingerprint density at radius 2 is 2.13 bits per heavy atom. The van der Waals surface area contributed by atoms with Gasteiger partial charge in [0.15, 0.2) is 5.82 Å². The minimum Gasteiger partial charge on any atom is -0.388 e. The summed E-state index contributed by atoms with van der Waals surface area (Å²) in [5.74, 6) is 0.321. The van der Waals surface area contributed by atoms with Crippen molar-refractivity contribution in [1.82, 2.24) is 14.9 Å². The molecule has 2 fully saturated rings. The van der Waals surface area contributed by atoms with Gasteiger partial charge >= 0.3 is 0 Å². The monoisotopic (exact) mass is 420 g/mol. The molecule has 1 aromatic carbocycles. The van der Waals surface area contributed by atoms with Crippen molar-refractivity contribution in [2.45, 2.75) is 31.8 Å². The van der Waals surface area contributed by atoms with E-state index in [4.69, 9.17) is 0 Å². The molecule has 2 aromatic rings. The molecule has 1 saturated heterocycles. The number of carbonyl (C=O) groups is 2. The number of benzene rings is 1. The average Bonchev–Trinajstić information content (AvgIpc) is 3.55. The van der Waals surface area contributed by atoms with E-state index in [1.807, 2.05) is 0 Å². The van der Waals surface area contributed by atoms with Gasteiger partial charge in [0.05, 0.1) is 41.5 Å². The van der Waals surface area contributed by atoms with Gasteiger partial charge in [-0.15, -0.1) is 0 Å². The highest BCUT2D eigenvalue weighted by Gasteiger charge is 2.33. The first kappa shape index (κ1) is 20.8. The molecule has 160 valence electrons. The molecular formula is C22H24N6O3. The molecule has 1 saturated carbocycles. The van der Waals surface area contributed by atoms with E-state index in [1.165, 1.54) is 6.20 Å². The number of β-amino-alcohol motifs (C(OH)–C–C–N with tert-alkyl or cyclic N) is 1. The molecule has 2 aliphatic rings. The van der Waals surface area contributed by atoms with E-state index in [-0.39, 0.29) is 24.3 Å². The summed E-state index contributed by atoms with van der Waals surface area (Å²) in [6, 6.07) is 7.28. The Bertz CT molecular complexity index is 1040. The molecule has 31 heavy (non-hydrogen) atoms. The van der Waals surface area contributed by atoms with Crippen LogP contribution in [0.15, 0.2) is 30.6 Å². The van der Waals surface area contributed by atoms with Gasteiger partial charge in [-0.05, 0) is 38.3 Å². The Balaban J connectivity index is 1.44. The second kappa shape index (κ2) is 8.32. The van der Waals surface area contributed by atoms with Crippen molar-refractivity contribution in [2.24, 2.45) is 5.92 Å². The summed E-state index contributed by atoms with van der Waals surface area (Å²) in [6.07, 6.45) is 5.44. The van der Waals surface area contributed by atoms with Crippen LogP contribution in [0.3, 0.4) is 0 Å². The molecule has 1 atom stereocenters. The van der Waals surface area contributed by atoms with Crippen LogP contribution in [0.4, 0.5) is 11.5 Å². The fourth-order valence-electron chi connectivity index (χ4n) is 3.50. The van der Waals surface area contributed by atoms with Crippen LogP contribution in [0.2, 0.25) is 0 Å². The molecule has 4 rings (SSSR count). The SMILES string of the molecule is CC1(O)CCN(C(=O)CNc2cc(-c3cnc(NC(=O)C4CC4)cn3)ccc2C#N)C1. The van der Waals surface area contributed by atoms with Gasteiger partial charge in [-0.3, -0.25) is 14.6 Å². The number of nitrogens with zero attached hydrogens (tertiary/aromatic N) is 4. The number of rotatable bonds is 6. The zero-order valence-electron chi connectivity index (χ0n) is 17.3. The normalized spacial score (nSPS) is 20.2. The lowest BCUT2D eigenvalue weighted by Gasteiger charge is -2.19. The van der Waals surface area contributed by atoms with E-state index in [0.717, 1.165) is 18.4 Å². The Morgan fingerprint density at radius 1 is 1.32 bits per heavy atom. The number of nitrogens with one attached hydrogen (secondary N) is 2. The minimum atomic E-state index is -0.851. The Hall–Kier alpha value is -3.51. The smallest absolute Gasteiger partial charge is 0.241 e. The highest BCUT2D eigenvalue weighted by Crippen LogP contribution is 2.30. The second-order valence-electron chi connectivity index (χ2n) is 8.34. The zero-order chi connectivity index (χ0) is 22.0. The van der Waals surface area contributed by atoms with E-state index >= 15 is 0 Å². The lowest BCUT2D eigenvalue weighted by Crippen LogP contribution is -2.37. The first-order valence-corrected chi connectivity index (χ1v) is 10.3. The fraction of sp³-hybridized carbons (Fsp3) is 0.409. The van der Waals surface area contributed by atoms with Gasteiger partial charge < -0.3 is 20.6 Å². The maximum absolute atomic E-state index is 12.5. The summed E-state index contributed by atoms with van der Waals surface area (Å²) in [5.41, 5.74) is 1.39. The molecule has 2 amide bonds. The molecule has 1 aromatic heterocycles. The summed E-state index contributed by atoms with van der Waals surface area (Å²) in [4.78, 5) is 34.5. The number of nitriles is 1. The third-order valence-corrected chi connectivity index (χ3v) is 5.52. The molecule has 1 aliphatic heterocycles. The fourth-order valence-corrected chi connectivity index (χ4v) is 3.50. The number of anilines is 2. The van der Waals surface area contributed by atoms with E-state index < -0.39 is 5.60 Å². The average molecular weight is 420 g/mol. The number of likely N-dealkylation sites (tertiary alicyclic amines) is 1. The molecule has 1 aliphatic carbocycles. The van der Waals surface area contributed by atoms with Crippen LogP contribution >= 0.6 is 0 Å². The largest absolute Gasteiger partial charge is 0.388 e. The number of hydrogen-bond donors (Lipinski definition) is 3. The van der Waals surface area contributed by atoms with Gasteiger partial charge in [-0.2, -0.15) is 5.26 Å². The summed E-state index contributed by atoms with van der Waals surface area (Å²) < 4.78 is 0. The number of carbonyl (C=O) groups excluding carboxylic acids is 2. The van der Waals surface area contributed by atoms with Crippen molar-refractivity contribution in [3.05, 3.63) is 36.2 Å². The van der Waals surface area contributed by atoms with Crippen molar-refractivity contribution in [3.63, 3.8) is 0 Å². The van der Waals surface area contributed by atoms with Crippen molar-refractivity contribution in [1.29, 1.82) is 5.26 Å². The molecule has 3 N–H and O–H groups in total. The highest BCUT2D eigenvalue weighted by atomic mass is 16.3. The standard InChI is InChI=1S/C22H24N6O3/c1-22(31)6-7-28(13-22)20(29)12-25-17-8-15(4-5-16(17)9-23)18-10-26-19(11-24-18)27-21(30)14-2-3-14/h4-5,8,10-11,14,25,31H,2-3,6-7,12-13H2,1H3,(H,26,27,30). The molecular weight excluding hydrogens is 396 g/mol. The van der Waals surface area contributed by atoms with Gasteiger partial charge in [0.2, 0.25) is 11.8 Å². The molecule has 1 unspecified atom stereocenters. The zero-order valence-corrected chi connectivity index (χ0v) is 17.3. The van der Waals surface area contributed by atoms with Crippen molar-refractivity contribution in [3.8, 4) is 17.3 Å². The van der Waals surface area contributed by atoms with Gasteiger partial charge in [-0.1, -0.05) is 6.07 Å². The van der Waals surface area contributed by atoms with Crippen molar-refractivity contribution >= 4 is 23.3 Å². The molecule has 2 heterocycles. The van der Waals surface area contributed by atoms with Gasteiger partial charge in [0, 0.05) is 24.6 Å². The van der Waals surface area contributed by atoms with Crippen LogP contribution in [0.25, 0.3) is 11.3 Å². The predicted molar refractivity (Wildman–Crippen MR) is 114 cm³/mol. The Kier molecular flexibility index (Phi) is 5.57. The lowest BCUT2D eigenvalue weighted by molar-refractivity contribution is -0.129. The number of aliphatic hydroxyl groups is 1. The summed E-state index contributed by atoms with van der Waals surface area (Å²) in [5, 5.41) is 25.2. The van der Waals surface area contributed by atoms with Crippen LogP contribution in [0.5, 0.6) is 0 Å². The van der Waals surface area contributed by atoms with Gasteiger partial charge in [0.1, 0.15) is 6.07 Å². The lowest BCUT2D eigenvalue weighted by atomic mass is 10.1. The highest BCUT2D eigenvalue weighted by molar-refractivity contribution is 5.93. The topological polar surface area (TPSA) is 131 Å². The summed E-state index contributed by atoms with van der Waals surface area (Å²) in [7, 11) is 0. The molecule has 0 spiro atoms. The van der Waals surface area contributed by atoms with Gasteiger partial charge in [-0.25, -0.2) is 4.98 Å². The third-order valence-electron chi connectivity index (χ3n) is 5.52. The molecule has 0 radical (unpaired) electrons. The minimum absolute atomic E-state index is 0.0199. The molecule has 9 heteroatoms. The first-order chi connectivity index (χ1) is 14.8. The van der Waals surface area contributed by atoms with Crippen molar-refractivity contribution in [2.75, 3.05) is 30.3 Å². The number of aromatic nitrogens is 2. The number of hydrogen-bond acceptors (Lipinski definition) is 7. The van der Waals surface area contributed by atoms with Crippen LogP contribution in [0.1, 0.15) is 31.7 Å². The maximum Gasteiger partial charge on any atom is 0.241 e. The van der Waals surface area contributed by atoms with E-state index in [0.29, 0.717) is 42.3 Å². The summed E-state index contributed by atoms with van der Waals surface area (Å²) in [6.45, 7) is 2.55. The van der Waals surface area contributed by atoms with Crippen LogP contribution < -0.4 is 10.6 Å². The van der Waals surface area contributed by atoms with Crippen LogP contribution in [0, 0.1) is 17.2 Å². The maximum atomic E-state index is 12.5. The second-order valence-corrected chi connectivity index (χ2v) is 8.34. The van der Waals surface area contributed by atoms with E-state index in [2.05, 4.69) is 26.7 Å². The van der Waals surface area contributed by atoms with E-state index in [1.54, 1.807) is 36.2 Å². The third kappa shape index (κ3) is 4.98. The predicted octanol–water partition coefficient (Wildman–Crippen LogP) is 1.76. The van der Waals surface area contributed by atoms with Crippen molar-refractivity contribution < 1.29 is 14.7 Å². The number of amides is 2. The quantitative estimate of drug-likeness (QED) is 0.649. The Labute approximate surface area is 180 Å². The van der Waals surface area contributed by atoms with Gasteiger partial charge in [0.25, 0.3) is 0 Å². The molecule has 9 nitrogen and oxygen atoms in total. The summed E-state index contributed by atoms with van der Waals surface area (Å²) >= 11 is 0. The van der Waals surface area contributed by atoms with E-state index in [9.17, 15) is 20.0 Å². The molecule has 0 bridgehead atoms. The van der Waals surface area contributed by atoms with Crippen LogP contribution in [-0.2, 0) is 9.59 Å². The van der Waals surface area contributed by atoms with Crippen LogP contribution in [-0.4, -0.2) is 57.0 Å². The Morgan fingerprint density at radius 3 is 2.74 bits per heavy atom. The first-order valence-electron chi connectivity index (χ1n) is 10.3.